The van der Waals surface area contributed by atoms with E-state index >= 15 is 0 Å². The van der Waals surface area contributed by atoms with E-state index in [0.717, 1.165) is 15.9 Å². The molecule has 3 rings (SSSR count). The van der Waals surface area contributed by atoms with Crippen LogP contribution < -0.4 is 0 Å². The van der Waals surface area contributed by atoms with Crippen LogP contribution in [0.2, 0.25) is 0 Å². The largest absolute Gasteiger partial charge is 0.478 e. The molecule has 0 aliphatic rings. The van der Waals surface area contributed by atoms with Crippen molar-refractivity contribution in [2.24, 2.45) is 0 Å². The number of hydrogen-bond donors (Lipinski definition) is 1. The summed E-state index contributed by atoms with van der Waals surface area (Å²) in [5.41, 5.74) is 1.58. The number of para-hydroxylation sites is 1. The Hall–Kier alpha value is -2.47. The number of rotatable bonds is 3. The van der Waals surface area contributed by atoms with Crippen LogP contribution in [0.1, 0.15) is 16.1 Å². The fourth-order valence-electron chi connectivity index (χ4n) is 1.98. The first-order valence-electron chi connectivity index (χ1n) is 6.23. The van der Waals surface area contributed by atoms with Crippen LogP contribution >= 0.6 is 11.8 Å². The number of nitrogens with zero attached hydrogens (tertiary/aromatic N) is 3. The van der Waals surface area contributed by atoms with Gasteiger partial charge in [-0.1, -0.05) is 18.2 Å². The molecule has 1 aromatic carbocycles. The van der Waals surface area contributed by atoms with Gasteiger partial charge in [-0.05, 0) is 36.9 Å². The van der Waals surface area contributed by atoms with Gasteiger partial charge in [-0.25, -0.2) is 19.7 Å². The van der Waals surface area contributed by atoms with Gasteiger partial charge in [0.2, 0.25) is 0 Å². The van der Waals surface area contributed by atoms with E-state index < -0.39 is 5.97 Å². The Morgan fingerprint density at radius 1 is 1.14 bits per heavy atom. The predicted molar refractivity (Wildman–Crippen MR) is 79.6 cm³/mol. The van der Waals surface area contributed by atoms with Crippen LogP contribution in [0.5, 0.6) is 0 Å². The number of pyridine rings is 1. The summed E-state index contributed by atoms with van der Waals surface area (Å²) in [4.78, 5) is 23.8. The Morgan fingerprint density at radius 3 is 2.71 bits per heavy atom. The van der Waals surface area contributed by atoms with E-state index in [1.165, 1.54) is 18.1 Å². The summed E-state index contributed by atoms with van der Waals surface area (Å²) in [5.74, 6) is -0.968. The lowest BCUT2D eigenvalue weighted by atomic mass is 10.2. The number of aromatic nitrogens is 3. The molecule has 6 heteroatoms. The second-order valence-electron chi connectivity index (χ2n) is 4.39. The minimum atomic E-state index is -0.968. The van der Waals surface area contributed by atoms with E-state index in [-0.39, 0.29) is 5.56 Å². The third-order valence-corrected chi connectivity index (χ3v) is 3.95. The van der Waals surface area contributed by atoms with E-state index in [9.17, 15) is 4.79 Å². The Kier molecular flexibility index (Phi) is 3.53. The molecule has 104 valence electrons. The van der Waals surface area contributed by atoms with Crippen molar-refractivity contribution in [1.29, 1.82) is 0 Å². The Balaban J connectivity index is 1.99. The normalized spacial score (nSPS) is 10.7. The molecule has 2 aromatic heterocycles. The van der Waals surface area contributed by atoms with Crippen LogP contribution in [0.3, 0.4) is 0 Å². The number of carboxylic acid groups (broad SMARTS) is 1. The molecule has 0 fully saturated rings. The molecule has 0 aliphatic carbocycles. The lowest BCUT2D eigenvalue weighted by molar-refractivity contribution is 0.0695. The van der Waals surface area contributed by atoms with Crippen molar-refractivity contribution >= 4 is 28.6 Å². The summed E-state index contributed by atoms with van der Waals surface area (Å²) < 4.78 is 0. The number of benzene rings is 1. The van der Waals surface area contributed by atoms with E-state index in [4.69, 9.17) is 5.11 Å². The molecule has 0 atom stereocenters. The highest BCUT2D eigenvalue weighted by Crippen LogP contribution is 2.30. The van der Waals surface area contributed by atoms with Gasteiger partial charge in [0, 0.05) is 5.39 Å². The first-order chi connectivity index (χ1) is 10.1. The molecule has 5 nitrogen and oxygen atoms in total. The molecule has 0 spiro atoms. The van der Waals surface area contributed by atoms with E-state index in [0.29, 0.717) is 10.7 Å². The van der Waals surface area contributed by atoms with Gasteiger partial charge in [-0.2, -0.15) is 0 Å². The standard InChI is InChI=1S/C15H11N3O2S/c1-9-10(15(19)20)6-7-13(18-9)21-14-11-4-2-3-5-12(11)16-8-17-14/h2-8H,1H3,(H,19,20). The highest BCUT2D eigenvalue weighted by molar-refractivity contribution is 7.99. The molecule has 21 heavy (non-hydrogen) atoms. The van der Waals surface area contributed by atoms with E-state index in [2.05, 4.69) is 15.0 Å². The van der Waals surface area contributed by atoms with Gasteiger partial charge in [-0.3, -0.25) is 0 Å². The average molecular weight is 297 g/mol. The summed E-state index contributed by atoms with van der Waals surface area (Å²) in [5, 5.41) is 11.5. The van der Waals surface area contributed by atoms with Gasteiger partial charge in [-0.15, -0.1) is 0 Å². The molecule has 1 N–H and O–H groups in total. The zero-order chi connectivity index (χ0) is 14.8. The van der Waals surface area contributed by atoms with Crippen LogP contribution in [-0.4, -0.2) is 26.0 Å². The van der Waals surface area contributed by atoms with Crippen LogP contribution in [-0.2, 0) is 0 Å². The lowest BCUT2D eigenvalue weighted by Crippen LogP contribution is -2.01. The third-order valence-electron chi connectivity index (χ3n) is 3.00. The summed E-state index contributed by atoms with van der Waals surface area (Å²) in [6.07, 6.45) is 1.52. The van der Waals surface area contributed by atoms with Crippen LogP contribution in [0.4, 0.5) is 0 Å². The maximum Gasteiger partial charge on any atom is 0.337 e. The Morgan fingerprint density at radius 2 is 1.95 bits per heavy atom. The molecule has 0 aliphatic heterocycles. The Bertz CT molecular complexity index is 831. The molecular formula is C15H11N3O2S. The molecular weight excluding hydrogens is 286 g/mol. The number of hydrogen-bond acceptors (Lipinski definition) is 5. The number of aromatic carboxylic acids is 1. The van der Waals surface area contributed by atoms with Gasteiger partial charge in [0.05, 0.1) is 16.8 Å². The van der Waals surface area contributed by atoms with Crippen molar-refractivity contribution in [3.05, 3.63) is 54.0 Å². The fraction of sp³-hybridized carbons (Fsp3) is 0.0667. The van der Waals surface area contributed by atoms with Gasteiger partial charge >= 0.3 is 5.97 Å². The maximum absolute atomic E-state index is 11.0. The van der Waals surface area contributed by atoms with Gasteiger partial charge in [0.15, 0.2) is 0 Å². The topological polar surface area (TPSA) is 76.0 Å². The number of aryl methyl sites for hydroxylation is 1. The molecule has 0 bridgehead atoms. The van der Waals surface area contributed by atoms with Crippen molar-refractivity contribution in [2.75, 3.05) is 0 Å². The molecule has 2 heterocycles. The summed E-state index contributed by atoms with van der Waals surface area (Å²) in [6, 6.07) is 11.0. The molecule has 3 aromatic rings. The van der Waals surface area contributed by atoms with Crippen LogP contribution in [0, 0.1) is 6.92 Å². The SMILES string of the molecule is Cc1nc(Sc2ncnc3ccccc23)ccc1C(=O)O. The number of carbonyl (C=O) groups is 1. The van der Waals surface area contributed by atoms with Crippen molar-refractivity contribution < 1.29 is 9.90 Å². The predicted octanol–water partition coefficient (Wildman–Crippen LogP) is 3.18. The van der Waals surface area contributed by atoms with Crippen LogP contribution in [0.15, 0.2) is 52.8 Å². The summed E-state index contributed by atoms with van der Waals surface area (Å²) in [6.45, 7) is 1.69. The average Bonchev–Trinajstić information content (AvgIpc) is 2.47. The quantitative estimate of drug-likeness (QED) is 0.748. The van der Waals surface area contributed by atoms with E-state index in [1.807, 2.05) is 24.3 Å². The summed E-state index contributed by atoms with van der Waals surface area (Å²) in [7, 11) is 0. The molecule has 0 saturated heterocycles. The minimum Gasteiger partial charge on any atom is -0.478 e. The number of fused-ring (bicyclic) bond motifs is 1. The van der Waals surface area contributed by atoms with Crippen molar-refractivity contribution in [2.45, 2.75) is 17.0 Å². The zero-order valence-electron chi connectivity index (χ0n) is 11.1. The van der Waals surface area contributed by atoms with Gasteiger partial charge < -0.3 is 5.11 Å². The molecule has 0 saturated carbocycles. The highest BCUT2D eigenvalue weighted by atomic mass is 32.2. The lowest BCUT2D eigenvalue weighted by Gasteiger charge is -2.06. The van der Waals surface area contributed by atoms with Gasteiger partial charge in [0.25, 0.3) is 0 Å². The second kappa shape index (κ2) is 5.49. The first kappa shape index (κ1) is 13.5. The third kappa shape index (κ3) is 2.71. The zero-order valence-corrected chi connectivity index (χ0v) is 12.0. The van der Waals surface area contributed by atoms with Crippen molar-refractivity contribution in [3.8, 4) is 0 Å². The van der Waals surface area contributed by atoms with Gasteiger partial charge in [0.1, 0.15) is 16.4 Å². The minimum absolute atomic E-state index is 0.215. The van der Waals surface area contributed by atoms with Crippen molar-refractivity contribution in [3.63, 3.8) is 0 Å². The maximum atomic E-state index is 11.0. The van der Waals surface area contributed by atoms with Crippen LogP contribution in [0.25, 0.3) is 10.9 Å². The monoisotopic (exact) mass is 297 g/mol. The number of carboxylic acids is 1. The highest BCUT2D eigenvalue weighted by Gasteiger charge is 2.11. The molecule has 0 unspecified atom stereocenters. The first-order valence-corrected chi connectivity index (χ1v) is 7.05. The Labute approximate surface area is 125 Å². The fourth-order valence-corrected chi connectivity index (χ4v) is 2.88. The smallest absolute Gasteiger partial charge is 0.337 e. The molecule has 0 amide bonds. The molecule has 0 radical (unpaired) electrons. The van der Waals surface area contributed by atoms with E-state index in [1.54, 1.807) is 19.1 Å². The second-order valence-corrected chi connectivity index (χ2v) is 5.39. The van der Waals surface area contributed by atoms with Crippen molar-refractivity contribution in [1.82, 2.24) is 15.0 Å². The summed E-state index contributed by atoms with van der Waals surface area (Å²) >= 11 is 1.40.